The zero-order valence-corrected chi connectivity index (χ0v) is 31.1. The van der Waals surface area contributed by atoms with Crippen molar-refractivity contribution in [2.75, 3.05) is 6.61 Å². The zero-order chi connectivity index (χ0) is 32.0. The average molecular weight is 621 g/mol. The third-order valence-electron chi connectivity index (χ3n) is 9.89. The van der Waals surface area contributed by atoms with Gasteiger partial charge in [-0.25, -0.2) is 0 Å². The molecule has 2 nitrogen and oxygen atoms in total. The summed E-state index contributed by atoms with van der Waals surface area (Å²) in [6.45, 7) is 7.50. The van der Waals surface area contributed by atoms with Crippen LogP contribution in [0.5, 0.6) is 0 Å². The molecule has 0 aromatic carbocycles. The number of carbonyl (C=O) groups is 1. The summed E-state index contributed by atoms with van der Waals surface area (Å²) in [7, 11) is 0. The summed E-state index contributed by atoms with van der Waals surface area (Å²) in [5.74, 6) is 0.256. The molecule has 1 unspecified atom stereocenters. The zero-order valence-electron chi connectivity index (χ0n) is 31.1. The predicted octanol–water partition coefficient (Wildman–Crippen LogP) is 15.2. The van der Waals surface area contributed by atoms with Crippen LogP contribution in [-0.4, -0.2) is 12.6 Å². The minimum atomic E-state index is 0.112. The molecule has 0 radical (unpaired) electrons. The molecule has 44 heavy (non-hydrogen) atoms. The number of ether oxygens (including phenoxy) is 1. The van der Waals surface area contributed by atoms with Crippen molar-refractivity contribution in [3.63, 3.8) is 0 Å². The lowest BCUT2D eigenvalue weighted by atomic mass is 9.94. The summed E-state index contributed by atoms with van der Waals surface area (Å²) in [6.07, 6.45) is 48.5. The third kappa shape index (κ3) is 34.3. The molecular formula is C42H84O2. The van der Waals surface area contributed by atoms with Gasteiger partial charge < -0.3 is 4.74 Å². The minimum Gasteiger partial charge on any atom is -0.465 e. The Morgan fingerprint density at radius 3 is 0.841 bits per heavy atom. The Bertz CT molecular complexity index is 530. The molecule has 0 aromatic rings. The lowest BCUT2D eigenvalue weighted by molar-refractivity contribution is -0.149. The van der Waals surface area contributed by atoms with Crippen LogP contribution in [0.4, 0.5) is 0 Å². The fourth-order valence-corrected chi connectivity index (χ4v) is 6.72. The van der Waals surface area contributed by atoms with Crippen LogP contribution in [0, 0.1) is 5.92 Å². The first-order valence-corrected chi connectivity index (χ1v) is 20.9. The predicted molar refractivity (Wildman–Crippen MR) is 198 cm³/mol. The van der Waals surface area contributed by atoms with Gasteiger partial charge in [-0.3, -0.25) is 4.79 Å². The molecule has 0 bridgehead atoms. The second-order valence-electron chi connectivity index (χ2n) is 14.4. The quantitative estimate of drug-likeness (QED) is 0.0507. The summed E-state index contributed by atoms with van der Waals surface area (Å²) >= 11 is 0. The molecule has 0 amide bonds. The van der Waals surface area contributed by atoms with Crippen molar-refractivity contribution in [2.24, 2.45) is 5.92 Å². The molecule has 0 rings (SSSR count). The van der Waals surface area contributed by atoms with Crippen molar-refractivity contribution in [2.45, 2.75) is 252 Å². The van der Waals surface area contributed by atoms with Crippen LogP contribution in [0.25, 0.3) is 0 Å². The smallest absolute Gasteiger partial charge is 0.308 e. The Balaban J connectivity index is 3.84. The Morgan fingerprint density at radius 1 is 0.341 bits per heavy atom. The van der Waals surface area contributed by atoms with Crippen LogP contribution in [0.3, 0.4) is 0 Å². The van der Waals surface area contributed by atoms with Crippen molar-refractivity contribution in [3.8, 4) is 0 Å². The Labute approximate surface area is 279 Å². The van der Waals surface area contributed by atoms with Crippen LogP contribution in [0.2, 0.25) is 0 Å². The van der Waals surface area contributed by atoms with Gasteiger partial charge in [0, 0.05) is 0 Å². The molecule has 0 aliphatic heterocycles. The first-order chi connectivity index (χ1) is 21.8. The van der Waals surface area contributed by atoms with E-state index in [4.69, 9.17) is 4.74 Å². The van der Waals surface area contributed by atoms with E-state index in [1.54, 1.807) is 0 Å². The second kappa shape index (κ2) is 38.7. The fourth-order valence-electron chi connectivity index (χ4n) is 6.72. The van der Waals surface area contributed by atoms with Gasteiger partial charge >= 0.3 is 5.97 Å². The van der Waals surface area contributed by atoms with Crippen LogP contribution >= 0.6 is 0 Å². The summed E-state index contributed by atoms with van der Waals surface area (Å²) in [6, 6.07) is 0. The second-order valence-corrected chi connectivity index (χ2v) is 14.4. The van der Waals surface area contributed by atoms with Crippen LogP contribution < -0.4 is 0 Å². The van der Waals surface area contributed by atoms with E-state index in [-0.39, 0.29) is 11.9 Å². The Kier molecular flexibility index (Phi) is 38.2. The number of esters is 1. The highest BCUT2D eigenvalue weighted by Gasteiger charge is 2.19. The maximum absolute atomic E-state index is 13.0. The molecular weight excluding hydrogens is 536 g/mol. The maximum Gasteiger partial charge on any atom is 0.308 e. The number of unbranched alkanes of at least 4 members (excludes halogenated alkanes) is 31. The summed E-state index contributed by atoms with van der Waals surface area (Å²) in [5.41, 5.74) is 0. The highest BCUT2D eigenvalue weighted by molar-refractivity contribution is 5.72. The van der Waals surface area contributed by atoms with Crippen LogP contribution in [0.1, 0.15) is 252 Å². The van der Waals surface area contributed by atoms with E-state index < -0.39 is 0 Å². The van der Waals surface area contributed by atoms with E-state index >= 15 is 0 Å². The van der Waals surface area contributed by atoms with Gasteiger partial charge in [0.2, 0.25) is 0 Å². The minimum absolute atomic E-state index is 0.112. The van der Waals surface area contributed by atoms with Gasteiger partial charge in [0.15, 0.2) is 0 Å². The Hall–Kier alpha value is -0.530. The van der Waals surface area contributed by atoms with Crippen molar-refractivity contribution in [3.05, 3.63) is 0 Å². The largest absolute Gasteiger partial charge is 0.465 e. The summed E-state index contributed by atoms with van der Waals surface area (Å²) in [4.78, 5) is 13.0. The lowest BCUT2D eigenvalue weighted by Crippen LogP contribution is -2.18. The first kappa shape index (κ1) is 43.5. The van der Waals surface area contributed by atoms with E-state index in [1.807, 2.05) is 0 Å². The molecule has 0 fully saturated rings. The van der Waals surface area contributed by atoms with Gasteiger partial charge in [-0.2, -0.15) is 0 Å². The molecule has 1 atom stereocenters. The van der Waals surface area contributed by atoms with E-state index in [2.05, 4.69) is 20.8 Å². The monoisotopic (exact) mass is 621 g/mol. The topological polar surface area (TPSA) is 26.3 Å². The van der Waals surface area contributed by atoms with Crippen molar-refractivity contribution >= 4 is 5.97 Å². The number of hydrogen-bond acceptors (Lipinski definition) is 2. The molecule has 0 aromatic heterocycles. The standard InChI is InChI=1S/C42H84O2/c1-4-7-10-13-16-18-20-21-22-23-24-25-26-27-28-30-33-36-39-41(38-35-32-15-12-9-6-3)42(43)44-40-37-34-31-29-19-17-14-11-8-5-2/h41H,4-40H2,1-3H3. The highest BCUT2D eigenvalue weighted by atomic mass is 16.5. The molecule has 0 spiro atoms. The number of carbonyl (C=O) groups excluding carboxylic acids is 1. The van der Waals surface area contributed by atoms with Crippen LogP contribution in [-0.2, 0) is 9.53 Å². The maximum atomic E-state index is 13.0. The van der Waals surface area contributed by atoms with Gasteiger partial charge in [-0.05, 0) is 19.3 Å². The average Bonchev–Trinajstić information content (AvgIpc) is 3.03. The van der Waals surface area contributed by atoms with E-state index in [0.717, 1.165) is 19.3 Å². The van der Waals surface area contributed by atoms with Gasteiger partial charge in [0.25, 0.3) is 0 Å². The Morgan fingerprint density at radius 2 is 0.568 bits per heavy atom. The highest BCUT2D eigenvalue weighted by Crippen LogP contribution is 2.22. The molecule has 0 heterocycles. The number of rotatable bonds is 38. The van der Waals surface area contributed by atoms with Crippen molar-refractivity contribution in [1.29, 1.82) is 0 Å². The third-order valence-corrected chi connectivity index (χ3v) is 9.89. The summed E-state index contributed by atoms with van der Waals surface area (Å²) in [5, 5.41) is 0. The van der Waals surface area contributed by atoms with Gasteiger partial charge in [0.05, 0.1) is 12.5 Å². The molecule has 2 heteroatoms. The molecule has 0 saturated heterocycles. The van der Waals surface area contributed by atoms with E-state index in [9.17, 15) is 4.79 Å². The van der Waals surface area contributed by atoms with E-state index in [1.165, 1.54) is 212 Å². The molecule has 0 aliphatic rings. The van der Waals surface area contributed by atoms with Gasteiger partial charge in [-0.15, -0.1) is 0 Å². The molecule has 0 aliphatic carbocycles. The molecule has 264 valence electrons. The molecule has 0 saturated carbocycles. The van der Waals surface area contributed by atoms with Crippen molar-refractivity contribution in [1.82, 2.24) is 0 Å². The van der Waals surface area contributed by atoms with Crippen molar-refractivity contribution < 1.29 is 9.53 Å². The first-order valence-electron chi connectivity index (χ1n) is 20.9. The normalized spacial score (nSPS) is 12.2. The van der Waals surface area contributed by atoms with Gasteiger partial charge in [0.1, 0.15) is 0 Å². The fraction of sp³-hybridized carbons (Fsp3) is 0.976. The SMILES string of the molecule is CCCCCCCCCCCCCCCCCCCCC(CCCCCCCC)C(=O)OCCCCCCCCCCCC. The lowest BCUT2D eigenvalue weighted by Gasteiger charge is -2.16. The van der Waals surface area contributed by atoms with E-state index in [0.29, 0.717) is 6.61 Å². The summed E-state index contributed by atoms with van der Waals surface area (Å²) < 4.78 is 5.82. The number of hydrogen-bond donors (Lipinski definition) is 0. The molecule has 0 N–H and O–H groups in total. The van der Waals surface area contributed by atoms with Gasteiger partial charge in [-0.1, -0.05) is 233 Å². The van der Waals surface area contributed by atoms with Crippen LogP contribution in [0.15, 0.2) is 0 Å².